The monoisotopic (exact) mass is 306 g/mol. The molecule has 0 radical (unpaired) electrons. The number of ether oxygens (including phenoxy) is 1. The summed E-state index contributed by atoms with van der Waals surface area (Å²) in [6.07, 6.45) is 2.35. The predicted molar refractivity (Wildman–Crippen MR) is 73.4 cm³/mol. The highest BCUT2D eigenvalue weighted by Crippen LogP contribution is 2.31. The summed E-state index contributed by atoms with van der Waals surface area (Å²) in [6.45, 7) is 2.12. The van der Waals surface area contributed by atoms with E-state index < -0.39 is 27.2 Å². The number of esters is 1. The smallest absolute Gasteiger partial charge is 0.310 e. The molecule has 1 rings (SSSR count). The Bertz CT molecular complexity index is 449. The van der Waals surface area contributed by atoms with Crippen molar-refractivity contribution < 1.29 is 22.7 Å². The van der Waals surface area contributed by atoms with Gasteiger partial charge in [0.2, 0.25) is 15.9 Å². The molecule has 1 saturated carbocycles. The summed E-state index contributed by atoms with van der Waals surface area (Å²) in [5, 5.41) is 1.77. The fourth-order valence-electron chi connectivity index (χ4n) is 2.32. The molecule has 0 bridgehead atoms. The van der Waals surface area contributed by atoms with Crippen molar-refractivity contribution in [2.45, 2.75) is 37.9 Å². The Kier molecular flexibility index (Phi) is 6.41. The van der Waals surface area contributed by atoms with Crippen LogP contribution in [0.5, 0.6) is 0 Å². The van der Waals surface area contributed by atoms with E-state index in [1.165, 1.54) is 7.11 Å². The number of sulfonamides is 1. The molecule has 0 spiro atoms. The Morgan fingerprint density at radius 2 is 2.00 bits per heavy atom. The SMILES string of the molecule is CCCNC(=O)CNS(=O)(=O)C1CCCC1C(=O)OC. The van der Waals surface area contributed by atoms with Crippen molar-refractivity contribution >= 4 is 21.9 Å². The van der Waals surface area contributed by atoms with Gasteiger partial charge in [0.15, 0.2) is 0 Å². The van der Waals surface area contributed by atoms with Crippen LogP contribution in [0.3, 0.4) is 0 Å². The van der Waals surface area contributed by atoms with Gasteiger partial charge in [-0.15, -0.1) is 0 Å². The van der Waals surface area contributed by atoms with Crippen LogP contribution in [-0.2, 0) is 24.3 Å². The molecule has 0 aromatic heterocycles. The third kappa shape index (κ3) is 4.45. The summed E-state index contributed by atoms with van der Waals surface area (Å²) >= 11 is 0. The molecule has 1 fully saturated rings. The van der Waals surface area contributed by atoms with Gasteiger partial charge in [0.05, 0.1) is 24.8 Å². The third-order valence-corrected chi connectivity index (χ3v) is 5.27. The number of carbonyl (C=O) groups excluding carboxylic acids is 2. The van der Waals surface area contributed by atoms with Crippen LogP contribution in [0.15, 0.2) is 0 Å². The van der Waals surface area contributed by atoms with Crippen molar-refractivity contribution in [3.05, 3.63) is 0 Å². The second-order valence-electron chi connectivity index (χ2n) is 4.82. The van der Waals surface area contributed by atoms with Crippen molar-refractivity contribution in [3.63, 3.8) is 0 Å². The van der Waals surface area contributed by atoms with Crippen LogP contribution in [0.25, 0.3) is 0 Å². The van der Waals surface area contributed by atoms with Gasteiger partial charge < -0.3 is 10.1 Å². The van der Waals surface area contributed by atoms with Crippen molar-refractivity contribution in [2.24, 2.45) is 5.92 Å². The molecule has 0 aromatic rings. The maximum Gasteiger partial charge on any atom is 0.310 e. The number of nitrogens with one attached hydrogen (secondary N) is 2. The van der Waals surface area contributed by atoms with Gasteiger partial charge >= 0.3 is 5.97 Å². The lowest BCUT2D eigenvalue weighted by atomic mass is 10.1. The van der Waals surface area contributed by atoms with Gasteiger partial charge in [0, 0.05) is 6.54 Å². The zero-order valence-corrected chi connectivity index (χ0v) is 12.7. The fraction of sp³-hybridized carbons (Fsp3) is 0.833. The molecule has 7 nitrogen and oxygen atoms in total. The second kappa shape index (κ2) is 7.58. The van der Waals surface area contributed by atoms with Crippen LogP contribution in [0, 0.1) is 5.92 Å². The minimum absolute atomic E-state index is 0.299. The van der Waals surface area contributed by atoms with E-state index >= 15 is 0 Å². The number of rotatable bonds is 7. The average Bonchev–Trinajstić information content (AvgIpc) is 2.92. The lowest BCUT2D eigenvalue weighted by Crippen LogP contribution is -2.43. The summed E-state index contributed by atoms with van der Waals surface area (Å²) in [6, 6.07) is 0. The van der Waals surface area contributed by atoms with E-state index in [-0.39, 0.29) is 12.5 Å². The first-order valence-corrected chi connectivity index (χ1v) is 8.30. The molecular weight excluding hydrogens is 284 g/mol. The Morgan fingerprint density at radius 3 is 2.60 bits per heavy atom. The molecule has 20 heavy (non-hydrogen) atoms. The molecule has 1 aliphatic rings. The summed E-state index contributed by atoms with van der Waals surface area (Å²) in [7, 11) is -2.45. The van der Waals surface area contributed by atoms with E-state index in [4.69, 9.17) is 0 Å². The molecule has 1 aliphatic carbocycles. The van der Waals surface area contributed by atoms with Gasteiger partial charge in [-0.2, -0.15) is 0 Å². The van der Waals surface area contributed by atoms with Crippen LogP contribution in [-0.4, -0.2) is 45.7 Å². The van der Waals surface area contributed by atoms with Crippen molar-refractivity contribution in [3.8, 4) is 0 Å². The van der Waals surface area contributed by atoms with Gasteiger partial charge in [-0.05, 0) is 19.3 Å². The fourth-order valence-corrected chi connectivity index (χ4v) is 4.02. The van der Waals surface area contributed by atoms with Gasteiger partial charge in [0.25, 0.3) is 0 Å². The molecule has 1 amide bonds. The molecule has 0 aliphatic heterocycles. The van der Waals surface area contributed by atoms with E-state index in [2.05, 4.69) is 14.8 Å². The van der Waals surface area contributed by atoms with Crippen molar-refractivity contribution in [2.75, 3.05) is 20.2 Å². The van der Waals surface area contributed by atoms with E-state index in [0.717, 1.165) is 6.42 Å². The first-order chi connectivity index (χ1) is 9.42. The summed E-state index contributed by atoms with van der Waals surface area (Å²) < 4.78 is 31.2. The van der Waals surface area contributed by atoms with Gasteiger partial charge in [-0.25, -0.2) is 13.1 Å². The van der Waals surface area contributed by atoms with E-state index in [9.17, 15) is 18.0 Å². The molecule has 0 heterocycles. The Hall–Kier alpha value is -1.15. The summed E-state index contributed by atoms with van der Waals surface area (Å²) in [4.78, 5) is 23.0. The van der Waals surface area contributed by atoms with Crippen LogP contribution in [0.1, 0.15) is 32.6 Å². The number of methoxy groups -OCH3 is 1. The van der Waals surface area contributed by atoms with E-state index in [0.29, 0.717) is 25.8 Å². The number of carbonyl (C=O) groups is 2. The summed E-state index contributed by atoms with van der Waals surface area (Å²) in [5.74, 6) is -1.52. The zero-order chi connectivity index (χ0) is 15.2. The first kappa shape index (κ1) is 16.9. The predicted octanol–water partition coefficient (Wildman–Crippen LogP) is -0.226. The highest BCUT2D eigenvalue weighted by Gasteiger charge is 2.42. The summed E-state index contributed by atoms with van der Waals surface area (Å²) in [5.41, 5.74) is 0. The minimum Gasteiger partial charge on any atom is -0.469 e. The molecule has 2 unspecified atom stereocenters. The van der Waals surface area contributed by atoms with Gasteiger partial charge in [-0.3, -0.25) is 9.59 Å². The lowest BCUT2D eigenvalue weighted by Gasteiger charge is -2.18. The standard InChI is InChI=1S/C12H22N2O5S/c1-3-7-13-11(15)8-14-20(17,18)10-6-4-5-9(10)12(16)19-2/h9-10,14H,3-8H2,1-2H3,(H,13,15). The molecule has 116 valence electrons. The molecule has 2 atom stereocenters. The van der Waals surface area contributed by atoms with E-state index in [1.54, 1.807) is 0 Å². The Labute approximate surface area is 119 Å². The highest BCUT2D eigenvalue weighted by molar-refractivity contribution is 7.90. The Balaban J connectivity index is 2.59. The normalized spacial score (nSPS) is 22.5. The van der Waals surface area contributed by atoms with E-state index in [1.807, 2.05) is 6.92 Å². The van der Waals surface area contributed by atoms with Crippen molar-refractivity contribution in [1.29, 1.82) is 0 Å². The molecular formula is C12H22N2O5S. The number of hydrogen-bond acceptors (Lipinski definition) is 5. The quantitative estimate of drug-likeness (QED) is 0.633. The molecule has 0 saturated heterocycles. The van der Waals surface area contributed by atoms with Crippen LogP contribution < -0.4 is 10.0 Å². The van der Waals surface area contributed by atoms with Crippen LogP contribution >= 0.6 is 0 Å². The van der Waals surface area contributed by atoms with Gasteiger partial charge in [0.1, 0.15) is 0 Å². The number of hydrogen-bond donors (Lipinski definition) is 2. The topological polar surface area (TPSA) is 102 Å². The average molecular weight is 306 g/mol. The van der Waals surface area contributed by atoms with Crippen molar-refractivity contribution in [1.82, 2.24) is 10.0 Å². The molecule has 8 heteroatoms. The highest BCUT2D eigenvalue weighted by atomic mass is 32.2. The first-order valence-electron chi connectivity index (χ1n) is 6.75. The van der Waals surface area contributed by atoms with Gasteiger partial charge in [-0.1, -0.05) is 13.3 Å². The maximum absolute atomic E-state index is 12.1. The third-order valence-electron chi connectivity index (χ3n) is 3.36. The van der Waals surface area contributed by atoms with Crippen LogP contribution in [0.2, 0.25) is 0 Å². The lowest BCUT2D eigenvalue weighted by molar-refractivity contribution is -0.145. The van der Waals surface area contributed by atoms with Crippen LogP contribution in [0.4, 0.5) is 0 Å². The zero-order valence-electron chi connectivity index (χ0n) is 11.8. The molecule has 0 aromatic carbocycles. The molecule has 2 N–H and O–H groups in total. The Morgan fingerprint density at radius 1 is 1.30 bits per heavy atom. The maximum atomic E-state index is 12.1. The second-order valence-corrected chi connectivity index (χ2v) is 6.80. The largest absolute Gasteiger partial charge is 0.469 e. The minimum atomic E-state index is -3.70. The number of amides is 1.